The first-order valence-electron chi connectivity index (χ1n) is 7.92. The fourth-order valence-corrected chi connectivity index (χ4v) is 3.91. The number of fused-ring (bicyclic) bond motifs is 1. The Hall–Kier alpha value is -2.54. The highest BCUT2D eigenvalue weighted by molar-refractivity contribution is 7.08. The van der Waals surface area contributed by atoms with E-state index in [0.29, 0.717) is 5.69 Å². The quantitative estimate of drug-likeness (QED) is 0.657. The molecule has 0 fully saturated rings. The predicted octanol–water partition coefficient (Wildman–Crippen LogP) is 5.48. The van der Waals surface area contributed by atoms with Gasteiger partial charge in [-0.05, 0) is 64.7 Å². The molecule has 0 radical (unpaired) electrons. The van der Waals surface area contributed by atoms with Gasteiger partial charge in [-0.25, -0.2) is 0 Å². The molecule has 26 heavy (non-hydrogen) atoms. The number of amides is 1. The second kappa shape index (κ2) is 5.74. The minimum atomic E-state index is -4.54. The average molecular weight is 377 g/mol. The molecule has 0 saturated heterocycles. The minimum Gasteiger partial charge on any atom is -0.456 e. The molecular formula is C19H14F3NO2S. The molecule has 0 saturated carbocycles. The van der Waals surface area contributed by atoms with Crippen molar-refractivity contribution in [3.05, 3.63) is 64.2 Å². The van der Waals surface area contributed by atoms with E-state index >= 15 is 0 Å². The summed E-state index contributed by atoms with van der Waals surface area (Å²) in [5.74, 6) is -1.18. The van der Waals surface area contributed by atoms with Crippen molar-refractivity contribution < 1.29 is 22.4 Å². The van der Waals surface area contributed by atoms with E-state index in [1.807, 2.05) is 35.0 Å². The first-order chi connectivity index (χ1) is 12.3. The number of halogens is 3. The normalized spacial score (nSPS) is 19.5. The van der Waals surface area contributed by atoms with Crippen molar-refractivity contribution in [2.75, 3.05) is 5.32 Å². The van der Waals surface area contributed by atoms with Crippen molar-refractivity contribution in [1.29, 1.82) is 0 Å². The van der Waals surface area contributed by atoms with Crippen molar-refractivity contribution in [3.63, 3.8) is 0 Å². The van der Waals surface area contributed by atoms with Gasteiger partial charge in [-0.15, -0.1) is 0 Å². The minimum absolute atomic E-state index is 0.0506. The van der Waals surface area contributed by atoms with Crippen LogP contribution in [0.3, 0.4) is 0 Å². The van der Waals surface area contributed by atoms with E-state index in [1.165, 1.54) is 6.07 Å². The fraction of sp³-hybridized carbons (Fsp3) is 0.211. The monoisotopic (exact) mass is 377 g/mol. The molecule has 7 heteroatoms. The van der Waals surface area contributed by atoms with Crippen molar-refractivity contribution in [1.82, 2.24) is 0 Å². The summed E-state index contributed by atoms with van der Waals surface area (Å²) in [4.78, 5) is 12.6. The summed E-state index contributed by atoms with van der Waals surface area (Å²) in [6, 6.07) is 9.83. The van der Waals surface area contributed by atoms with Gasteiger partial charge in [0.15, 0.2) is 0 Å². The Morgan fingerprint density at radius 3 is 2.62 bits per heavy atom. The highest BCUT2D eigenvalue weighted by atomic mass is 32.1. The Morgan fingerprint density at radius 2 is 1.96 bits per heavy atom. The molecule has 1 aliphatic heterocycles. The molecular weight excluding hydrogens is 363 g/mol. The van der Waals surface area contributed by atoms with E-state index in [-0.39, 0.29) is 18.1 Å². The Labute approximate surface area is 151 Å². The summed E-state index contributed by atoms with van der Waals surface area (Å²) in [5, 5.41) is 6.79. The van der Waals surface area contributed by atoms with Gasteiger partial charge in [0.25, 0.3) is 0 Å². The van der Waals surface area contributed by atoms with Gasteiger partial charge in [0.05, 0.1) is 5.41 Å². The maximum atomic E-state index is 12.8. The molecule has 1 atom stereocenters. The lowest BCUT2D eigenvalue weighted by atomic mass is 9.79. The van der Waals surface area contributed by atoms with Gasteiger partial charge < -0.3 is 9.73 Å². The zero-order chi connectivity index (χ0) is 18.5. The van der Waals surface area contributed by atoms with Crippen LogP contribution in [0.25, 0.3) is 11.1 Å². The summed E-state index contributed by atoms with van der Waals surface area (Å²) >= 11 is 1.57. The third-order valence-electron chi connectivity index (χ3n) is 4.69. The second-order valence-electron chi connectivity index (χ2n) is 6.50. The summed E-state index contributed by atoms with van der Waals surface area (Å²) in [6.07, 6.45) is -4.49. The van der Waals surface area contributed by atoms with Crippen molar-refractivity contribution in [2.24, 2.45) is 0 Å². The number of benzene rings is 1. The van der Waals surface area contributed by atoms with Crippen LogP contribution >= 0.6 is 11.3 Å². The van der Waals surface area contributed by atoms with E-state index in [9.17, 15) is 18.0 Å². The highest BCUT2D eigenvalue weighted by Gasteiger charge is 2.44. The molecule has 3 heterocycles. The van der Waals surface area contributed by atoms with Crippen LogP contribution in [0.5, 0.6) is 0 Å². The van der Waals surface area contributed by atoms with Gasteiger partial charge in [-0.1, -0.05) is 6.07 Å². The third kappa shape index (κ3) is 2.72. The van der Waals surface area contributed by atoms with Crippen LogP contribution in [-0.2, 0) is 22.8 Å². The van der Waals surface area contributed by atoms with Crippen LogP contribution < -0.4 is 5.32 Å². The van der Waals surface area contributed by atoms with Gasteiger partial charge in [0.1, 0.15) is 5.76 Å². The number of carbonyl (C=O) groups is 1. The van der Waals surface area contributed by atoms with Gasteiger partial charge in [0.2, 0.25) is 11.7 Å². The Kier molecular flexibility index (Phi) is 3.73. The summed E-state index contributed by atoms with van der Waals surface area (Å²) < 4.78 is 43.2. The fourth-order valence-electron chi connectivity index (χ4n) is 3.25. The molecule has 1 aromatic carbocycles. The van der Waals surface area contributed by atoms with Crippen LogP contribution in [0.15, 0.2) is 51.6 Å². The molecule has 3 aromatic rings. The van der Waals surface area contributed by atoms with Gasteiger partial charge in [-0.3, -0.25) is 4.79 Å². The number of carbonyl (C=O) groups excluding carboxylic acids is 1. The molecule has 1 unspecified atom stereocenters. The van der Waals surface area contributed by atoms with Crippen LogP contribution in [0.1, 0.15) is 24.0 Å². The molecule has 1 N–H and O–H groups in total. The van der Waals surface area contributed by atoms with Crippen molar-refractivity contribution in [2.45, 2.75) is 24.9 Å². The number of rotatable bonds is 3. The van der Waals surface area contributed by atoms with E-state index in [2.05, 4.69) is 5.32 Å². The zero-order valence-electron chi connectivity index (χ0n) is 13.7. The number of alkyl halides is 3. The Balaban J connectivity index is 1.72. The lowest BCUT2D eigenvalue weighted by Gasteiger charge is -2.21. The number of anilines is 1. The molecule has 134 valence electrons. The molecule has 1 aliphatic rings. The van der Waals surface area contributed by atoms with Crippen LogP contribution in [0, 0.1) is 0 Å². The maximum absolute atomic E-state index is 12.8. The smallest absolute Gasteiger partial charge is 0.449 e. The number of thiophene rings is 1. The van der Waals surface area contributed by atoms with E-state index in [1.54, 1.807) is 18.3 Å². The number of hydrogen-bond acceptors (Lipinski definition) is 3. The molecule has 2 aromatic heterocycles. The van der Waals surface area contributed by atoms with Gasteiger partial charge in [0, 0.05) is 12.1 Å². The number of hydrogen-bond donors (Lipinski definition) is 1. The first kappa shape index (κ1) is 16.9. The topological polar surface area (TPSA) is 42.2 Å². The SMILES string of the molecule is CC1(Cc2ccc(C(F)(F)F)o2)C(=O)Nc2ccc(-c3ccsc3)cc21. The average Bonchev–Trinajstić information content (AvgIpc) is 3.29. The van der Waals surface area contributed by atoms with E-state index < -0.39 is 17.4 Å². The zero-order valence-corrected chi connectivity index (χ0v) is 14.5. The second-order valence-corrected chi connectivity index (χ2v) is 7.28. The molecule has 4 rings (SSSR count). The summed E-state index contributed by atoms with van der Waals surface area (Å²) in [6.45, 7) is 1.72. The molecule has 0 bridgehead atoms. The standard InChI is InChI=1S/C19H14F3NO2S/c1-18(9-13-3-5-16(25-13)19(20,21)22)14-8-11(12-6-7-26-10-12)2-4-15(14)23-17(18)24/h2-8,10H,9H2,1H3,(H,23,24). The van der Waals surface area contributed by atoms with Gasteiger partial charge in [-0.2, -0.15) is 24.5 Å². The lowest BCUT2D eigenvalue weighted by molar-refractivity contribution is -0.153. The number of furan rings is 1. The lowest BCUT2D eigenvalue weighted by Crippen LogP contribution is -2.33. The third-order valence-corrected chi connectivity index (χ3v) is 5.37. The van der Waals surface area contributed by atoms with Crippen LogP contribution in [0.4, 0.5) is 18.9 Å². The highest BCUT2D eigenvalue weighted by Crippen LogP contribution is 2.43. The van der Waals surface area contributed by atoms with Crippen molar-refractivity contribution in [3.8, 4) is 11.1 Å². The molecule has 0 aliphatic carbocycles. The van der Waals surface area contributed by atoms with E-state index in [0.717, 1.165) is 22.8 Å². The largest absolute Gasteiger partial charge is 0.456 e. The predicted molar refractivity (Wildman–Crippen MR) is 93.2 cm³/mol. The van der Waals surface area contributed by atoms with Crippen LogP contribution in [-0.4, -0.2) is 5.91 Å². The molecule has 0 spiro atoms. The summed E-state index contributed by atoms with van der Waals surface area (Å²) in [5.41, 5.74) is 2.44. The van der Waals surface area contributed by atoms with Gasteiger partial charge >= 0.3 is 6.18 Å². The first-order valence-corrected chi connectivity index (χ1v) is 8.86. The van der Waals surface area contributed by atoms with Crippen molar-refractivity contribution >= 4 is 22.9 Å². The number of nitrogens with one attached hydrogen (secondary N) is 1. The maximum Gasteiger partial charge on any atom is 0.449 e. The van der Waals surface area contributed by atoms with E-state index in [4.69, 9.17) is 4.42 Å². The summed E-state index contributed by atoms with van der Waals surface area (Å²) in [7, 11) is 0. The molecule has 1 amide bonds. The Morgan fingerprint density at radius 1 is 1.15 bits per heavy atom. The van der Waals surface area contributed by atoms with Crippen LogP contribution in [0.2, 0.25) is 0 Å². The molecule has 3 nitrogen and oxygen atoms in total. The Bertz CT molecular complexity index is 975.